The molecule has 2 aromatic carbocycles. The van der Waals surface area contributed by atoms with Crippen LogP contribution < -0.4 is 21.0 Å². The zero-order valence-electron chi connectivity index (χ0n) is 20.5. The molecule has 35 heavy (non-hydrogen) atoms. The molecule has 0 fully saturated rings. The smallest absolute Gasteiger partial charge is 0.0730 e. The van der Waals surface area contributed by atoms with Crippen LogP contribution >= 0.6 is 0 Å². The molecule has 0 N–H and O–H groups in total. The standard InChI is InChI=1S/C33H30N2/c1-7-15-26(9-3)30-21-28(22-31(34-30)27-18-11-10-12-19-27)35-32(16-8-2)24(5)25(6)33(35)29-20-14-13-17-23(29)4/h7-22H,2,4-6H2,1,3H3/b15-7-,26-9+,32-16+,33-29+. The van der Waals surface area contributed by atoms with Crippen LogP contribution in [0.15, 0.2) is 97.6 Å². The molecule has 2 nitrogen and oxygen atoms in total. The lowest BCUT2D eigenvalue weighted by Crippen LogP contribution is -2.33. The zero-order valence-corrected chi connectivity index (χ0v) is 20.5. The number of hydrogen-bond acceptors (Lipinski definition) is 1. The van der Waals surface area contributed by atoms with E-state index in [4.69, 9.17) is 4.98 Å². The Morgan fingerprint density at radius 3 is 2.26 bits per heavy atom. The largest absolute Gasteiger partial charge is 0.309 e. The van der Waals surface area contributed by atoms with Crippen molar-refractivity contribution in [1.82, 2.24) is 9.55 Å². The molecule has 0 aliphatic carbocycles. The maximum absolute atomic E-state index is 5.04. The molecule has 2 heteroatoms. The summed E-state index contributed by atoms with van der Waals surface area (Å²) in [5, 5.41) is 5.59. The molecule has 0 saturated heterocycles. The van der Waals surface area contributed by atoms with E-state index in [1.165, 1.54) is 0 Å². The number of pyridine rings is 1. The van der Waals surface area contributed by atoms with Gasteiger partial charge in [-0.3, -0.25) is 0 Å². The average molecular weight is 455 g/mol. The van der Waals surface area contributed by atoms with Crippen molar-refractivity contribution in [2.75, 3.05) is 0 Å². The van der Waals surface area contributed by atoms with Gasteiger partial charge < -0.3 is 4.57 Å². The monoisotopic (exact) mass is 454 g/mol. The van der Waals surface area contributed by atoms with Crippen molar-refractivity contribution in [2.45, 2.75) is 13.8 Å². The summed E-state index contributed by atoms with van der Waals surface area (Å²) in [6, 6.07) is 22.6. The van der Waals surface area contributed by atoms with E-state index in [9.17, 15) is 0 Å². The second-order valence-electron chi connectivity index (χ2n) is 8.29. The summed E-state index contributed by atoms with van der Waals surface area (Å²) >= 11 is 0. The lowest BCUT2D eigenvalue weighted by atomic mass is 10.1. The Morgan fingerprint density at radius 1 is 0.886 bits per heavy atom. The van der Waals surface area contributed by atoms with Crippen molar-refractivity contribution >= 4 is 31.4 Å². The molecule has 2 aromatic heterocycles. The third kappa shape index (κ3) is 4.51. The molecule has 0 radical (unpaired) electrons. The molecule has 4 rings (SSSR count). The molecule has 2 heterocycles. The highest BCUT2D eigenvalue weighted by molar-refractivity contribution is 5.75. The number of rotatable bonds is 5. The van der Waals surface area contributed by atoms with Crippen molar-refractivity contribution in [1.29, 1.82) is 0 Å². The van der Waals surface area contributed by atoms with E-state index in [0.717, 1.165) is 59.8 Å². The van der Waals surface area contributed by atoms with Crippen LogP contribution in [0.2, 0.25) is 0 Å². The molecule has 0 aliphatic rings. The van der Waals surface area contributed by atoms with Gasteiger partial charge in [-0.15, -0.1) is 0 Å². The first-order chi connectivity index (χ1) is 17.0. The number of allylic oxidation sites excluding steroid dienone is 5. The number of benzene rings is 2. The zero-order chi connectivity index (χ0) is 24.9. The fraction of sp³-hybridized carbons (Fsp3) is 0.0606. The molecule has 4 aromatic rings. The summed E-state index contributed by atoms with van der Waals surface area (Å²) < 4.78 is 2.21. The van der Waals surface area contributed by atoms with Crippen LogP contribution in [-0.2, 0) is 0 Å². The molecule has 0 aliphatic heterocycles. The van der Waals surface area contributed by atoms with E-state index in [1.54, 1.807) is 6.08 Å². The van der Waals surface area contributed by atoms with E-state index in [0.29, 0.717) is 0 Å². The van der Waals surface area contributed by atoms with E-state index >= 15 is 0 Å². The Bertz CT molecular complexity index is 1770. The van der Waals surface area contributed by atoms with Crippen molar-refractivity contribution < 1.29 is 0 Å². The average Bonchev–Trinajstić information content (AvgIpc) is 3.13. The molecular formula is C33H30N2. The predicted octanol–water partition coefficient (Wildman–Crippen LogP) is 5.00. The van der Waals surface area contributed by atoms with Gasteiger partial charge in [0.2, 0.25) is 0 Å². The van der Waals surface area contributed by atoms with Gasteiger partial charge in [-0.1, -0.05) is 105 Å². The topological polar surface area (TPSA) is 17.8 Å². The van der Waals surface area contributed by atoms with Crippen LogP contribution in [0.25, 0.3) is 48.3 Å². The Morgan fingerprint density at radius 2 is 1.60 bits per heavy atom. The van der Waals surface area contributed by atoms with Gasteiger partial charge >= 0.3 is 0 Å². The molecule has 0 amide bonds. The molecule has 0 bridgehead atoms. The Balaban J connectivity index is 2.26. The molecule has 0 spiro atoms. The van der Waals surface area contributed by atoms with Gasteiger partial charge in [-0.05, 0) is 42.8 Å². The molecule has 172 valence electrons. The summed E-state index contributed by atoms with van der Waals surface area (Å²) in [6.07, 6.45) is 9.97. The van der Waals surface area contributed by atoms with Gasteiger partial charge in [0.05, 0.1) is 27.8 Å². The summed E-state index contributed by atoms with van der Waals surface area (Å²) in [6.45, 7) is 21.1. The van der Waals surface area contributed by atoms with Crippen LogP contribution in [0.4, 0.5) is 0 Å². The van der Waals surface area contributed by atoms with Gasteiger partial charge in [0, 0.05) is 21.2 Å². The normalized spacial score (nSPS) is 13.4. The van der Waals surface area contributed by atoms with Crippen LogP contribution in [0.3, 0.4) is 0 Å². The predicted molar refractivity (Wildman–Crippen MR) is 151 cm³/mol. The van der Waals surface area contributed by atoms with Crippen LogP contribution in [0, 0.1) is 10.6 Å². The third-order valence-electron chi connectivity index (χ3n) is 6.06. The minimum atomic E-state index is 0.863. The van der Waals surface area contributed by atoms with E-state index in [-0.39, 0.29) is 0 Å². The molecule has 0 unspecified atom stereocenters. The SMILES string of the molecule is C=C/C=c1\c(=C)c(=C)/c(=c2/ccccc2=C)n1-c1cc(C(/C=C\C)=C/C)nc(-c2ccccc2)c1. The maximum atomic E-state index is 5.04. The van der Waals surface area contributed by atoms with Crippen LogP contribution in [0.5, 0.6) is 0 Å². The number of aromatic nitrogens is 2. The van der Waals surface area contributed by atoms with Gasteiger partial charge in [0.25, 0.3) is 0 Å². The van der Waals surface area contributed by atoms with Gasteiger partial charge in [0.15, 0.2) is 0 Å². The van der Waals surface area contributed by atoms with Crippen molar-refractivity contribution in [3.8, 4) is 16.9 Å². The van der Waals surface area contributed by atoms with Crippen molar-refractivity contribution in [3.05, 3.63) is 135 Å². The third-order valence-corrected chi connectivity index (χ3v) is 6.06. The molecular weight excluding hydrogens is 424 g/mol. The van der Waals surface area contributed by atoms with Gasteiger partial charge in [0.1, 0.15) is 0 Å². The number of nitrogens with zero attached hydrogens (tertiary/aromatic N) is 2. The Labute approximate surface area is 206 Å². The Kier molecular flexibility index (Phi) is 6.93. The minimum Gasteiger partial charge on any atom is -0.309 e. The lowest BCUT2D eigenvalue weighted by Gasteiger charge is -2.13. The van der Waals surface area contributed by atoms with Crippen LogP contribution in [-0.4, -0.2) is 9.55 Å². The highest BCUT2D eigenvalue weighted by Gasteiger charge is 2.12. The Hall–Kier alpha value is -4.43. The second kappa shape index (κ2) is 10.2. The minimum absolute atomic E-state index is 0.863. The van der Waals surface area contributed by atoms with Crippen molar-refractivity contribution in [3.63, 3.8) is 0 Å². The maximum Gasteiger partial charge on any atom is 0.0730 e. The fourth-order valence-electron chi connectivity index (χ4n) is 4.34. The quantitative estimate of drug-likeness (QED) is 0.388. The highest BCUT2D eigenvalue weighted by Crippen LogP contribution is 2.24. The fourth-order valence-corrected chi connectivity index (χ4v) is 4.34. The first-order valence-electron chi connectivity index (χ1n) is 11.7. The lowest BCUT2D eigenvalue weighted by molar-refractivity contribution is 0.977. The second-order valence-corrected chi connectivity index (χ2v) is 8.29. The van der Waals surface area contributed by atoms with Crippen LogP contribution in [0.1, 0.15) is 19.5 Å². The summed E-state index contributed by atoms with van der Waals surface area (Å²) in [5.74, 6) is 0. The van der Waals surface area contributed by atoms with Gasteiger partial charge in [-0.2, -0.15) is 0 Å². The first-order valence-corrected chi connectivity index (χ1v) is 11.7. The summed E-state index contributed by atoms with van der Waals surface area (Å²) in [5.41, 5.74) is 4.87. The summed E-state index contributed by atoms with van der Waals surface area (Å²) in [7, 11) is 0. The highest BCUT2D eigenvalue weighted by atomic mass is 15.0. The van der Waals surface area contributed by atoms with Gasteiger partial charge in [-0.25, -0.2) is 4.98 Å². The number of hydrogen-bond donors (Lipinski definition) is 0. The first kappa shape index (κ1) is 23.7. The summed E-state index contributed by atoms with van der Waals surface area (Å²) in [4.78, 5) is 5.04. The van der Waals surface area contributed by atoms with E-state index in [1.807, 2.05) is 62.4 Å². The van der Waals surface area contributed by atoms with Crippen molar-refractivity contribution in [2.24, 2.45) is 0 Å². The molecule has 0 atom stereocenters. The molecule has 0 saturated carbocycles. The van der Waals surface area contributed by atoms with E-state index in [2.05, 4.69) is 73.4 Å². The van der Waals surface area contributed by atoms with E-state index < -0.39 is 0 Å².